The number of nitrogens with zero attached hydrogens (tertiary/aromatic N) is 3. The minimum atomic E-state index is -0.999. The predicted octanol–water partition coefficient (Wildman–Crippen LogP) is -0.0127. The van der Waals surface area contributed by atoms with E-state index in [-0.39, 0.29) is 17.7 Å². The van der Waals surface area contributed by atoms with Gasteiger partial charge in [0.2, 0.25) is 5.95 Å². The molecule has 4 atom stereocenters. The Morgan fingerprint density at radius 3 is 2.96 bits per heavy atom. The number of unbranched alkanes of at least 4 members (excludes halogenated alkanes) is 2. The molecule has 1 aliphatic rings. The number of ether oxygens (including phenoxy) is 2. The van der Waals surface area contributed by atoms with Gasteiger partial charge in [0.05, 0.1) is 12.9 Å². The SMILES string of the molecule is CCCCCNc1nc2c(ncn2[C@@H]2O[C@H](CO)[C@@H](O)[C@H]2OC)c(=O)[nH]1. The van der Waals surface area contributed by atoms with Gasteiger partial charge in [0, 0.05) is 13.7 Å². The Hall–Kier alpha value is -2.01. The zero-order valence-electron chi connectivity index (χ0n) is 14.9. The van der Waals surface area contributed by atoms with Crippen LogP contribution >= 0.6 is 0 Å². The van der Waals surface area contributed by atoms with Gasteiger partial charge in [-0.1, -0.05) is 19.8 Å². The van der Waals surface area contributed by atoms with Crippen molar-refractivity contribution in [2.45, 2.75) is 50.7 Å². The van der Waals surface area contributed by atoms with Crippen molar-refractivity contribution in [3.8, 4) is 0 Å². The van der Waals surface area contributed by atoms with E-state index in [4.69, 9.17) is 9.47 Å². The van der Waals surface area contributed by atoms with Crippen LogP contribution in [0, 0.1) is 0 Å². The van der Waals surface area contributed by atoms with Gasteiger partial charge in [0.25, 0.3) is 5.56 Å². The van der Waals surface area contributed by atoms with Gasteiger partial charge in [-0.3, -0.25) is 14.3 Å². The van der Waals surface area contributed by atoms with Crippen molar-refractivity contribution in [3.05, 3.63) is 16.7 Å². The van der Waals surface area contributed by atoms with Crippen LogP contribution in [-0.4, -0.2) is 68.3 Å². The highest BCUT2D eigenvalue weighted by Crippen LogP contribution is 2.32. The zero-order valence-corrected chi connectivity index (χ0v) is 14.9. The lowest BCUT2D eigenvalue weighted by molar-refractivity contribution is -0.0583. The summed E-state index contributed by atoms with van der Waals surface area (Å²) in [6, 6.07) is 0. The molecule has 0 bridgehead atoms. The summed E-state index contributed by atoms with van der Waals surface area (Å²) in [7, 11) is 1.45. The predicted molar refractivity (Wildman–Crippen MR) is 94.0 cm³/mol. The number of anilines is 1. The largest absolute Gasteiger partial charge is 0.394 e. The summed E-state index contributed by atoms with van der Waals surface area (Å²) in [4.78, 5) is 23.5. The minimum Gasteiger partial charge on any atom is -0.394 e. The first-order valence-corrected chi connectivity index (χ1v) is 8.78. The van der Waals surface area contributed by atoms with Gasteiger partial charge in [0.1, 0.15) is 18.3 Å². The van der Waals surface area contributed by atoms with E-state index in [2.05, 4.69) is 27.2 Å². The molecule has 3 rings (SSSR count). The van der Waals surface area contributed by atoms with Crippen molar-refractivity contribution >= 4 is 17.1 Å². The first kappa shape index (κ1) is 18.8. The van der Waals surface area contributed by atoms with Crippen LogP contribution in [0.1, 0.15) is 32.4 Å². The molecule has 10 nitrogen and oxygen atoms in total. The van der Waals surface area contributed by atoms with Crippen LogP contribution in [0.15, 0.2) is 11.1 Å². The molecule has 0 radical (unpaired) electrons. The van der Waals surface area contributed by atoms with Crippen molar-refractivity contribution in [1.82, 2.24) is 19.5 Å². The molecule has 0 saturated carbocycles. The average molecular weight is 367 g/mol. The van der Waals surface area contributed by atoms with Crippen molar-refractivity contribution in [3.63, 3.8) is 0 Å². The van der Waals surface area contributed by atoms with E-state index in [1.165, 1.54) is 13.4 Å². The molecule has 26 heavy (non-hydrogen) atoms. The van der Waals surface area contributed by atoms with Gasteiger partial charge >= 0.3 is 0 Å². The molecule has 0 unspecified atom stereocenters. The summed E-state index contributed by atoms with van der Waals surface area (Å²) in [5.41, 5.74) is 0.132. The van der Waals surface area contributed by atoms with Gasteiger partial charge in [-0.15, -0.1) is 0 Å². The summed E-state index contributed by atoms with van der Waals surface area (Å²) in [6.07, 6.45) is 1.34. The van der Waals surface area contributed by atoms with E-state index in [0.717, 1.165) is 19.3 Å². The lowest BCUT2D eigenvalue weighted by atomic mass is 10.1. The fourth-order valence-electron chi connectivity index (χ4n) is 3.13. The summed E-state index contributed by atoms with van der Waals surface area (Å²) in [5.74, 6) is 0.353. The lowest BCUT2D eigenvalue weighted by Crippen LogP contribution is -2.34. The van der Waals surface area contributed by atoms with E-state index in [9.17, 15) is 15.0 Å². The maximum atomic E-state index is 12.3. The third-order valence-corrected chi connectivity index (χ3v) is 4.54. The summed E-state index contributed by atoms with van der Waals surface area (Å²) < 4.78 is 12.6. The Morgan fingerprint density at radius 1 is 1.46 bits per heavy atom. The zero-order chi connectivity index (χ0) is 18.7. The summed E-state index contributed by atoms with van der Waals surface area (Å²) in [5, 5.41) is 22.7. The van der Waals surface area contributed by atoms with E-state index >= 15 is 0 Å². The number of methoxy groups -OCH3 is 1. The number of nitrogens with one attached hydrogen (secondary N) is 2. The molecule has 0 amide bonds. The van der Waals surface area contributed by atoms with Crippen molar-refractivity contribution in [1.29, 1.82) is 0 Å². The molecule has 2 aromatic rings. The highest BCUT2D eigenvalue weighted by atomic mass is 16.6. The van der Waals surface area contributed by atoms with Gasteiger partial charge < -0.3 is 25.0 Å². The number of aliphatic hydroxyl groups excluding tert-OH is 2. The average Bonchev–Trinajstić information content (AvgIpc) is 3.19. The van der Waals surface area contributed by atoms with Gasteiger partial charge in [0.15, 0.2) is 17.4 Å². The number of aliphatic hydroxyl groups is 2. The van der Waals surface area contributed by atoms with Crippen LogP contribution in [-0.2, 0) is 9.47 Å². The molecule has 2 aromatic heterocycles. The third-order valence-electron chi connectivity index (χ3n) is 4.54. The minimum absolute atomic E-state index is 0.171. The third kappa shape index (κ3) is 3.45. The van der Waals surface area contributed by atoms with Crippen LogP contribution in [0.25, 0.3) is 11.2 Å². The smallest absolute Gasteiger partial charge is 0.280 e. The number of imidazole rings is 1. The van der Waals surface area contributed by atoms with E-state index < -0.39 is 24.5 Å². The molecule has 3 heterocycles. The highest BCUT2D eigenvalue weighted by Gasteiger charge is 2.45. The molecule has 1 fully saturated rings. The van der Waals surface area contributed by atoms with Crippen LogP contribution in [0.4, 0.5) is 5.95 Å². The monoisotopic (exact) mass is 367 g/mol. The van der Waals surface area contributed by atoms with E-state index in [1.807, 2.05) is 0 Å². The van der Waals surface area contributed by atoms with Gasteiger partial charge in [-0.25, -0.2) is 4.98 Å². The molecular weight excluding hydrogens is 342 g/mol. The number of H-pyrrole nitrogens is 1. The fraction of sp³-hybridized carbons (Fsp3) is 0.688. The van der Waals surface area contributed by atoms with Crippen LogP contribution in [0.5, 0.6) is 0 Å². The molecule has 0 aromatic carbocycles. The van der Waals surface area contributed by atoms with E-state index in [0.29, 0.717) is 18.1 Å². The molecule has 10 heteroatoms. The summed E-state index contributed by atoms with van der Waals surface area (Å²) in [6.45, 7) is 2.47. The van der Waals surface area contributed by atoms with Crippen LogP contribution < -0.4 is 10.9 Å². The topological polar surface area (TPSA) is 135 Å². The highest BCUT2D eigenvalue weighted by molar-refractivity contribution is 5.70. The molecule has 4 N–H and O–H groups in total. The van der Waals surface area contributed by atoms with Crippen molar-refractivity contribution in [2.24, 2.45) is 0 Å². The molecular formula is C16H25N5O5. The first-order valence-electron chi connectivity index (χ1n) is 8.78. The summed E-state index contributed by atoms with van der Waals surface area (Å²) >= 11 is 0. The Morgan fingerprint density at radius 2 is 2.27 bits per heavy atom. The number of fused-ring (bicyclic) bond motifs is 1. The molecule has 0 aliphatic carbocycles. The Bertz CT molecular complexity index is 791. The number of rotatable bonds is 8. The van der Waals surface area contributed by atoms with Crippen molar-refractivity contribution in [2.75, 3.05) is 25.6 Å². The van der Waals surface area contributed by atoms with Crippen LogP contribution in [0.2, 0.25) is 0 Å². The van der Waals surface area contributed by atoms with Gasteiger partial charge in [-0.2, -0.15) is 4.98 Å². The Kier molecular flexibility index (Phi) is 5.87. The quantitative estimate of drug-likeness (QED) is 0.479. The van der Waals surface area contributed by atoms with Crippen molar-refractivity contribution < 1.29 is 19.7 Å². The number of hydrogen-bond donors (Lipinski definition) is 4. The second-order valence-electron chi connectivity index (χ2n) is 6.31. The molecule has 144 valence electrons. The lowest BCUT2D eigenvalue weighted by Gasteiger charge is -2.20. The second-order valence-corrected chi connectivity index (χ2v) is 6.31. The fourth-order valence-corrected chi connectivity index (χ4v) is 3.13. The van der Waals surface area contributed by atoms with Crippen LogP contribution in [0.3, 0.4) is 0 Å². The van der Waals surface area contributed by atoms with E-state index in [1.54, 1.807) is 4.57 Å². The Labute approximate surface area is 150 Å². The second kappa shape index (κ2) is 8.12. The van der Waals surface area contributed by atoms with Gasteiger partial charge in [-0.05, 0) is 6.42 Å². The Balaban J connectivity index is 1.91. The standard InChI is InChI=1S/C16H25N5O5/c1-3-4-5-6-17-16-19-13-10(14(24)20-16)18-8-21(13)15-12(25-2)11(23)9(7-22)26-15/h8-9,11-12,15,22-23H,3-7H2,1-2H3,(H2,17,19,20,24)/t9-,11-,12-,15-/m1/s1. The normalized spacial score (nSPS) is 25.8. The molecule has 1 aliphatic heterocycles. The number of hydrogen-bond acceptors (Lipinski definition) is 8. The number of aromatic nitrogens is 4. The molecule has 1 saturated heterocycles. The number of aromatic amines is 1. The first-order chi connectivity index (χ1) is 12.6. The molecule has 0 spiro atoms. The maximum absolute atomic E-state index is 12.3. The maximum Gasteiger partial charge on any atom is 0.280 e.